The summed E-state index contributed by atoms with van der Waals surface area (Å²) in [5.41, 5.74) is 2.25. The molecule has 0 unspecified atom stereocenters. The predicted octanol–water partition coefficient (Wildman–Crippen LogP) is 0.114. The number of rotatable bonds is 7. The Morgan fingerprint density at radius 1 is 1.12 bits per heavy atom. The van der Waals surface area contributed by atoms with E-state index in [1.54, 1.807) is 0 Å². The van der Waals surface area contributed by atoms with Crippen molar-refractivity contribution < 1.29 is 14.7 Å². The quantitative estimate of drug-likeness (QED) is 0.609. The summed E-state index contributed by atoms with van der Waals surface area (Å²) >= 11 is 0. The Morgan fingerprint density at radius 3 is 2.28 bits per heavy atom. The molecule has 138 valence electrons. The molecular formula is C18H28N4O3. The molecule has 7 nitrogen and oxygen atoms in total. The Labute approximate surface area is 149 Å². The molecule has 1 aromatic rings. The Morgan fingerprint density at radius 2 is 1.72 bits per heavy atom. The largest absolute Gasteiger partial charge is 0.395 e. The van der Waals surface area contributed by atoms with Crippen LogP contribution < -0.4 is 15.5 Å². The molecule has 1 heterocycles. The van der Waals surface area contributed by atoms with Gasteiger partial charge < -0.3 is 20.6 Å². The van der Waals surface area contributed by atoms with E-state index in [1.165, 1.54) is 0 Å². The van der Waals surface area contributed by atoms with Crippen LogP contribution in [0.1, 0.15) is 24.4 Å². The van der Waals surface area contributed by atoms with Crippen molar-refractivity contribution in [2.75, 3.05) is 51.8 Å². The van der Waals surface area contributed by atoms with Gasteiger partial charge in [0, 0.05) is 32.9 Å². The fourth-order valence-corrected chi connectivity index (χ4v) is 3.03. The third kappa shape index (κ3) is 5.44. The van der Waals surface area contributed by atoms with Crippen LogP contribution in [0.3, 0.4) is 0 Å². The number of anilines is 1. The molecule has 0 spiro atoms. The third-order valence-corrected chi connectivity index (χ3v) is 4.44. The van der Waals surface area contributed by atoms with Crippen molar-refractivity contribution in [3.63, 3.8) is 0 Å². The van der Waals surface area contributed by atoms with Crippen LogP contribution in [0, 0.1) is 0 Å². The van der Waals surface area contributed by atoms with Crippen molar-refractivity contribution >= 4 is 17.5 Å². The lowest BCUT2D eigenvalue weighted by Gasteiger charge is -2.28. The molecule has 1 saturated heterocycles. The van der Waals surface area contributed by atoms with Crippen LogP contribution in [0.2, 0.25) is 0 Å². The number of carbonyl (C=O) groups is 2. The van der Waals surface area contributed by atoms with Gasteiger partial charge in [-0.05, 0) is 43.6 Å². The van der Waals surface area contributed by atoms with Gasteiger partial charge in [0.1, 0.15) is 0 Å². The monoisotopic (exact) mass is 348 g/mol. The highest BCUT2D eigenvalue weighted by Gasteiger charge is 2.25. The smallest absolute Gasteiger partial charge is 0.309 e. The van der Waals surface area contributed by atoms with E-state index in [0.717, 1.165) is 37.2 Å². The zero-order chi connectivity index (χ0) is 18.2. The normalized spacial score (nSPS) is 15.6. The minimum Gasteiger partial charge on any atom is -0.395 e. The molecule has 1 aliphatic rings. The Hall–Kier alpha value is -2.12. The van der Waals surface area contributed by atoms with Gasteiger partial charge in [0.25, 0.3) is 0 Å². The summed E-state index contributed by atoms with van der Waals surface area (Å²) in [6.45, 7) is 2.26. The van der Waals surface area contributed by atoms with E-state index in [2.05, 4.69) is 39.8 Å². The zero-order valence-corrected chi connectivity index (χ0v) is 15.0. The predicted molar refractivity (Wildman–Crippen MR) is 97.4 cm³/mol. The number of amides is 2. The first-order chi connectivity index (χ1) is 12.0. The van der Waals surface area contributed by atoms with E-state index in [9.17, 15) is 9.59 Å². The summed E-state index contributed by atoms with van der Waals surface area (Å²) < 4.78 is 0. The molecule has 1 aromatic carbocycles. The van der Waals surface area contributed by atoms with Gasteiger partial charge in [0.15, 0.2) is 0 Å². The van der Waals surface area contributed by atoms with E-state index in [-0.39, 0.29) is 19.2 Å². The molecule has 1 atom stereocenters. The minimum absolute atomic E-state index is 0.0494. The zero-order valence-electron chi connectivity index (χ0n) is 15.0. The number of nitrogens with zero attached hydrogens (tertiary/aromatic N) is 2. The molecule has 0 radical (unpaired) electrons. The number of aliphatic hydroxyl groups is 1. The summed E-state index contributed by atoms with van der Waals surface area (Å²) in [5.74, 6) is -1.38. The number of hydrogen-bond donors (Lipinski definition) is 3. The molecule has 25 heavy (non-hydrogen) atoms. The maximum absolute atomic E-state index is 11.9. The Balaban J connectivity index is 2.03. The molecular weight excluding hydrogens is 320 g/mol. The van der Waals surface area contributed by atoms with Crippen LogP contribution in [-0.2, 0) is 9.59 Å². The summed E-state index contributed by atoms with van der Waals surface area (Å²) in [6, 6.07) is 8.34. The number of hydrogen-bond acceptors (Lipinski definition) is 5. The van der Waals surface area contributed by atoms with Crippen LogP contribution in [0.15, 0.2) is 24.3 Å². The first kappa shape index (κ1) is 19.2. The van der Waals surface area contributed by atoms with Gasteiger partial charge in [-0.1, -0.05) is 12.1 Å². The number of carbonyl (C=O) groups excluding carboxylic acids is 2. The third-order valence-electron chi connectivity index (χ3n) is 4.44. The SMILES string of the molecule is CN(C)c1ccc([C@H](CNC(=O)C(=O)NCCO)N2CCCC2)cc1. The highest BCUT2D eigenvalue weighted by molar-refractivity contribution is 6.35. The molecule has 0 bridgehead atoms. The van der Waals surface area contributed by atoms with Gasteiger partial charge in [0.05, 0.1) is 12.6 Å². The topological polar surface area (TPSA) is 84.9 Å². The molecule has 2 rings (SSSR count). The first-order valence-corrected chi connectivity index (χ1v) is 8.71. The van der Waals surface area contributed by atoms with Crippen LogP contribution in [0.5, 0.6) is 0 Å². The van der Waals surface area contributed by atoms with Crippen molar-refractivity contribution in [2.24, 2.45) is 0 Å². The summed E-state index contributed by atoms with van der Waals surface area (Å²) in [4.78, 5) is 27.9. The number of likely N-dealkylation sites (tertiary alicyclic amines) is 1. The van der Waals surface area contributed by atoms with E-state index < -0.39 is 11.8 Å². The number of benzene rings is 1. The first-order valence-electron chi connectivity index (χ1n) is 8.71. The molecule has 2 amide bonds. The van der Waals surface area contributed by atoms with Gasteiger partial charge in [-0.3, -0.25) is 14.5 Å². The maximum atomic E-state index is 11.9. The Bertz CT molecular complexity index is 568. The van der Waals surface area contributed by atoms with Crippen LogP contribution in [-0.4, -0.2) is 68.7 Å². The second kappa shape index (κ2) is 9.39. The summed E-state index contributed by atoms with van der Waals surface area (Å²) in [7, 11) is 4.00. The van der Waals surface area contributed by atoms with E-state index in [4.69, 9.17) is 5.11 Å². The van der Waals surface area contributed by atoms with Gasteiger partial charge in [-0.15, -0.1) is 0 Å². The lowest BCUT2D eigenvalue weighted by Crippen LogP contribution is -2.44. The van der Waals surface area contributed by atoms with Crippen molar-refractivity contribution in [3.8, 4) is 0 Å². The van der Waals surface area contributed by atoms with Crippen LogP contribution in [0.25, 0.3) is 0 Å². The fourth-order valence-electron chi connectivity index (χ4n) is 3.03. The summed E-state index contributed by atoms with van der Waals surface area (Å²) in [6.07, 6.45) is 2.30. The average Bonchev–Trinajstić information content (AvgIpc) is 3.14. The Kier molecular flexibility index (Phi) is 7.21. The van der Waals surface area contributed by atoms with Crippen molar-refractivity contribution in [1.29, 1.82) is 0 Å². The fraction of sp³-hybridized carbons (Fsp3) is 0.556. The summed E-state index contributed by atoms with van der Waals surface area (Å²) in [5, 5.41) is 13.8. The molecule has 1 fully saturated rings. The van der Waals surface area contributed by atoms with E-state index in [1.807, 2.05) is 19.0 Å². The standard InChI is InChI=1S/C18H28N4O3/c1-21(2)15-7-5-14(6-8-15)16(22-10-3-4-11-22)13-20-18(25)17(24)19-9-12-23/h5-8,16,23H,3-4,9-13H2,1-2H3,(H,19,24)(H,20,25)/t16-/m0/s1. The van der Waals surface area contributed by atoms with Gasteiger partial charge in [-0.2, -0.15) is 0 Å². The van der Waals surface area contributed by atoms with Gasteiger partial charge in [-0.25, -0.2) is 0 Å². The average molecular weight is 348 g/mol. The van der Waals surface area contributed by atoms with E-state index >= 15 is 0 Å². The van der Waals surface area contributed by atoms with Gasteiger partial charge >= 0.3 is 11.8 Å². The highest BCUT2D eigenvalue weighted by Crippen LogP contribution is 2.26. The van der Waals surface area contributed by atoms with Crippen molar-refractivity contribution in [1.82, 2.24) is 15.5 Å². The number of nitrogens with one attached hydrogen (secondary N) is 2. The van der Waals surface area contributed by atoms with Gasteiger partial charge in [0.2, 0.25) is 0 Å². The second-order valence-corrected chi connectivity index (χ2v) is 6.43. The minimum atomic E-state index is -0.711. The molecule has 3 N–H and O–H groups in total. The van der Waals surface area contributed by atoms with Crippen molar-refractivity contribution in [3.05, 3.63) is 29.8 Å². The molecule has 7 heteroatoms. The molecule has 0 aliphatic carbocycles. The van der Waals surface area contributed by atoms with Crippen molar-refractivity contribution in [2.45, 2.75) is 18.9 Å². The second-order valence-electron chi connectivity index (χ2n) is 6.43. The highest BCUT2D eigenvalue weighted by atomic mass is 16.3. The lowest BCUT2D eigenvalue weighted by molar-refractivity contribution is -0.139. The van der Waals surface area contributed by atoms with Crippen LogP contribution in [0.4, 0.5) is 5.69 Å². The van der Waals surface area contributed by atoms with Crippen LogP contribution >= 0.6 is 0 Å². The molecule has 1 aliphatic heterocycles. The van der Waals surface area contributed by atoms with E-state index in [0.29, 0.717) is 6.54 Å². The lowest BCUT2D eigenvalue weighted by atomic mass is 10.0. The molecule has 0 aromatic heterocycles. The maximum Gasteiger partial charge on any atom is 0.309 e. The molecule has 0 saturated carbocycles. The number of aliphatic hydroxyl groups excluding tert-OH is 1.